The standard InChI is InChI=1S/C13H15F3N4O2S/c1-18-8-4-7(13(14,15)16)5-17-10(8)20-3-2-19(12(21)22)6-9(20)11(18)23/h4-5,9,11,23H,2-3,6H2,1H3,(H,21,22). The summed E-state index contributed by atoms with van der Waals surface area (Å²) in [6.45, 7) is 0.876. The molecule has 0 spiro atoms. The largest absolute Gasteiger partial charge is 0.465 e. The minimum Gasteiger partial charge on any atom is -0.465 e. The third-order valence-corrected chi connectivity index (χ3v) is 4.95. The van der Waals surface area contributed by atoms with Crippen LogP contribution in [0.2, 0.25) is 0 Å². The number of halogens is 3. The monoisotopic (exact) mass is 348 g/mol. The second kappa shape index (κ2) is 5.36. The van der Waals surface area contributed by atoms with Crippen molar-refractivity contribution in [1.82, 2.24) is 9.88 Å². The Morgan fingerprint density at radius 1 is 1.43 bits per heavy atom. The number of carboxylic acid groups (broad SMARTS) is 1. The van der Waals surface area contributed by atoms with E-state index < -0.39 is 23.2 Å². The van der Waals surface area contributed by atoms with E-state index in [1.165, 1.54) is 4.90 Å². The summed E-state index contributed by atoms with van der Waals surface area (Å²) in [7, 11) is 1.63. The van der Waals surface area contributed by atoms with E-state index in [1.54, 1.807) is 11.9 Å². The van der Waals surface area contributed by atoms with Gasteiger partial charge in [-0.25, -0.2) is 9.78 Å². The van der Waals surface area contributed by atoms with Crippen LogP contribution in [-0.4, -0.2) is 59.2 Å². The number of thiol groups is 1. The summed E-state index contributed by atoms with van der Waals surface area (Å²) in [6.07, 6.45) is -4.67. The number of anilines is 2. The zero-order chi connectivity index (χ0) is 16.9. The highest BCUT2D eigenvalue weighted by atomic mass is 32.1. The molecule has 10 heteroatoms. The van der Waals surface area contributed by atoms with Crippen molar-refractivity contribution < 1.29 is 23.1 Å². The molecule has 1 fully saturated rings. The summed E-state index contributed by atoms with van der Waals surface area (Å²) in [6, 6.07) is 0.788. The van der Waals surface area contributed by atoms with Gasteiger partial charge in [0.1, 0.15) is 0 Å². The molecule has 3 heterocycles. The molecule has 1 N–H and O–H groups in total. The molecule has 1 aromatic heterocycles. The number of likely N-dealkylation sites (N-methyl/N-ethyl adjacent to an activating group) is 1. The molecule has 6 nitrogen and oxygen atoms in total. The molecule has 1 amide bonds. The minimum absolute atomic E-state index is 0.232. The Morgan fingerprint density at radius 3 is 2.74 bits per heavy atom. The lowest BCUT2D eigenvalue weighted by Crippen LogP contribution is -2.63. The first kappa shape index (κ1) is 16.0. The second-order valence-electron chi connectivity index (χ2n) is 5.58. The van der Waals surface area contributed by atoms with Gasteiger partial charge in [-0.3, -0.25) is 0 Å². The zero-order valence-electron chi connectivity index (χ0n) is 12.2. The van der Waals surface area contributed by atoms with E-state index in [2.05, 4.69) is 17.6 Å². The number of alkyl halides is 3. The Hall–Kier alpha value is -1.84. The number of aromatic nitrogens is 1. The molecular formula is C13H15F3N4O2S. The highest BCUT2D eigenvalue weighted by molar-refractivity contribution is 7.81. The topological polar surface area (TPSA) is 59.9 Å². The van der Waals surface area contributed by atoms with E-state index in [0.29, 0.717) is 18.1 Å². The number of fused-ring (bicyclic) bond motifs is 3. The van der Waals surface area contributed by atoms with Crippen LogP contribution in [0.4, 0.5) is 29.5 Å². The van der Waals surface area contributed by atoms with Crippen molar-refractivity contribution in [1.29, 1.82) is 0 Å². The van der Waals surface area contributed by atoms with Crippen LogP contribution in [0, 0.1) is 0 Å². The minimum atomic E-state index is -4.46. The lowest BCUT2D eigenvalue weighted by molar-refractivity contribution is -0.137. The number of carbonyl (C=O) groups is 1. The first-order chi connectivity index (χ1) is 10.7. The number of nitrogens with zero attached hydrogens (tertiary/aromatic N) is 4. The van der Waals surface area contributed by atoms with Crippen LogP contribution in [0.15, 0.2) is 12.3 Å². The average Bonchev–Trinajstić information content (AvgIpc) is 2.50. The fourth-order valence-corrected chi connectivity index (χ4v) is 3.36. The van der Waals surface area contributed by atoms with Gasteiger partial charge in [0, 0.05) is 32.9 Å². The summed E-state index contributed by atoms with van der Waals surface area (Å²) >= 11 is 4.47. The first-order valence-corrected chi connectivity index (χ1v) is 7.44. The van der Waals surface area contributed by atoms with E-state index in [1.807, 2.05) is 4.90 Å². The number of rotatable bonds is 0. The molecule has 2 aliphatic rings. The predicted molar refractivity (Wildman–Crippen MR) is 81.1 cm³/mol. The molecule has 0 saturated carbocycles. The predicted octanol–water partition coefficient (Wildman–Crippen LogP) is 1.97. The highest BCUT2D eigenvalue weighted by Crippen LogP contribution is 2.41. The second-order valence-corrected chi connectivity index (χ2v) is 6.11. The van der Waals surface area contributed by atoms with Crippen molar-refractivity contribution in [2.45, 2.75) is 17.6 Å². The van der Waals surface area contributed by atoms with Crippen LogP contribution >= 0.6 is 12.6 Å². The van der Waals surface area contributed by atoms with Gasteiger partial charge in [0.25, 0.3) is 0 Å². The molecule has 0 bridgehead atoms. The van der Waals surface area contributed by atoms with Crippen molar-refractivity contribution >= 4 is 30.2 Å². The Bertz CT molecular complexity index is 642. The maximum atomic E-state index is 12.9. The first-order valence-electron chi connectivity index (χ1n) is 6.93. The number of hydrogen-bond acceptors (Lipinski definition) is 5. The molecule has 2 atom stereocenters. The van der Waals surface area contributed by atoms with E-state index >= 15 is 0 Å². The van der Waals surface area contributed by atoms with Gasteiger partial charge in [0.15, 0.2) is 5.82 Å². The van der Waals surface area contributed by atoms with Crippen molar-refractivity contribution in [3.63, 3.8) is 0 Å². The molecule has 126 valence electrons. The maximum Gasteiger partial charge on any atom is 0.417 e. The van der Waals surface area contributed by atoms with Crippen LogP contribution in [0.1, 0.15) is 5.56 Å². The summed E-state index contributed by atoms with van der Waals surface area (Å²) < 4.78 is 38.7. The highest BCUT2D eigenvalue weighted by Gasteiger charge is 2.42. The Balaban J connectivity index is 1.99. The molecule has 0 aliphatic carbocycles. The van der Waals surface area contributed by atoms with Crippen molar-refractivity contribution in [3.8, 4) is 0 Å². The summed E-state index contributed by atoms with van der Waals surface area (Å²) in [5.41, 5.74) is -0.467. The van der Waals surface area contributed by atoms with Gasteiger partial charge in [-0.05, 0) is 6.07 Å². The van der Waals surface area contributed by atoms with Gasteiger partial charge in [0.05, 0.1) is 22.7 Å². The van der Waals surface area contributed by atoms with Gasteiger partial charge in [-0.1, -0.05) is 0 Å². The normalized spacial score (nSPS) is 24.3. The molecule has 0 aromatic carbocycles. The quantitative estimate of drug-likeness (QED) is 0.702. The van der Waals surface area contributed by atoms with Crippen LogP contribution in [0.25, 0.3) is 0 Å². The smallest absolute Gasteiger partial charge is 0.417 e. The molecule has 2 aliphatic heterocycles. The fourth-order valence-electron chi connectivity index (χ4n) is 2.98. The van der Waals surface area contributed by atoms with Gasteiger partial charge in [-0.2, -0.15) is 25.8 Å². The summed E-state index contributed by atoms with van der Waals surface area (Å²) in [5.74, 6) is 0.431. The van der Waals surface area contributed by atoms with Crippen molar-refractivity contribution in [3.05, 3.63) is 17.8 Å². The van der Waals surface area contributed by atoms with Gasteiger partial charge >= 0.3 is 12.3 Å². The van der Waals surface area contributed by atoms with Crippen molar-refractivity contribution in [2.24, 2.45) is 0 Å². The lowest BCUT2D eigenvalue weighted by Gasteiger charge is -2.50. The third-order valence-electron chi connectivity index (χ3n) is 4.26. The van der Waals surface area contributed by atoms with E-state index in [4.69, 9.17) is 5.11 Å². The zero-order valence-corrected chi connectivity index (χ0v) is 13.1. The van der Waals surface area contributed by atoms with Gasteiger partial charge in [-0.15, -0.1) is 0 Å². The average molecular weight is 348 g/mol. The van der Waals surface area contributed by atoms with E-state index in [0.717, 1.165) is 12.3 Å². The van der Waals surface area contributed by atoms with E-state index in [-0.39, 0.29) is 19.1 Å². The Labute approximate surface area is 135 Å². The van der Waals surface area contributed by atoms with Gasteiger partial charge in [0.2, 0.25) is 0 Å². The maximum absolute atomic E-state index is 12.9. The lowest BCUT2D eigenvalue weighted by atomic mass is 10.1. The molecule has 0 radical (unpaired) electrons. The van der Waals surface area contributed by atoms with Gasteiger partial charge < -0.3 is 19.8 Å². The molecule has 2 unspecified atom stereocenters. The summed E-state index contributed by atoms with van der Waals surface area (Å²) in [5, 5.41) is 8.69. The van der Waals surface area contributed by atoms with Crippen molar-refractivity contribution in [2.75, 3.05) is 36.5 Å². The number of piperazine rings is 1. The number of hydrogen-bond donors (Lipinski definition) is 2. The van der Waals surface area contributed by atoms with Crippen LogP contribution in [-0.2, 0) is 6.18 Å². The van der Waals surface area contributed by atoms with Crippen LogP contribution in [0.5, 0.6) is 0 Å². The Kier molecular flexibility index (Phi) is 3.74. The number of amides is 1. The SMILES string of the molecule is CN1c2cc(C(F)(F)F)cnc2N2CCN(C(=O)O)CC2C1S. The Morgan fingerprint density at radius 2 is 2.13 bits per heavy atom. The van der Waals surface area contributed by atoms with Crippen LogP contribution < -0.4 is 9.80 Å². The van der Waals surface area contributed by atoms with E-state index in [9.17, 15) is 18.0 Å². The molecular weight excluding hydrogens is 333 g/mol. The van der Waals surface area contributed by atoms with Crippen LogP contribution in [0.3, 0.4) is 0 Å². The molecule has 3 rings (SSSR count). The summed E-state index contributed by atoms with van der Waals surface area (Å²) in [4.78, 5) is 19.9. The molecule has 1 saturated heterocycles. The molecule has 23 heavy (non-hydrogen) atoms. The molecule has 1 aromatic rings. The fraction of sp³-hybridized carbons (Fsp3) is 0.538. The number of pyridine rings is 1. The third kappa shape index (κ3) is 2.64.